The van der Waals surface area contributed by atoms with Crippen molar-refractivity contribution >= 4 is 37.3 Å². The summed E-state index contributed by atoms with van der Waals surface area (Å²) in [7, 11) is -5.16. The summed E-state index contributed by atoms with van der Waals surface area (Å²) in [6, 6.07) is 10.5. The van der Waals surface area contributed by atoms with Gasteiger partial charge >= 0.3 is 0 Å². The Labute approximate surface area is 163 Å². The van der Waals surface area contributed by atoms with Crippen LogP contribution in [-0.4, -0.2) is 18.6 Å². The molecule has 2 heterocycles. The quantitative estimate of drug-likeness (QED) is 0.270. The molecule has 0 bridgehead atoms. The largest absolute Gasteiger partial charge is 0.275 e. The molecule has 2 aromatic heterocycles. The second-order valence-electron chi connectivity index (χ2n) is 5.82. The van der Waals surface area contributed by atoms with Crippen LogP contribution in [0.2, 0.25) is 0 Å². The van der Waals surface area contributed by atoms with Crippen LogP contribution in [0.4, 0.5) is 27.8 Å². The van der Waals surface area contributed by atoms with Crippen molar-refractivity contribution in [2.75, 3.05) is 4.72 Å². The number of aromatic nitrogens is 2. The molecule has 0 aliphatic rings. The van der Waals surface area contributed by atoms with E-state index in [4.69, 9.17) is 0 Å². The predicted molar refractivity (Wildman–Crippen MR) is 96.4 cm³/mol. The van der Waals surface area contributed by atoms with Crippen LogP contribution in [0.3, 0.4) is 0 Å². The summed E-state index contributed by atoms with van der Waals surface area (Å²) in [5.41, 5.74) is 0.390. The van der Waals surface area contributed by atoms with E-state index in [1.165, 1.54) is 17.4 Å². The van der Waals surface area contributed by atoms with Crippen LogP contribution >= 0.6 is 11.3 Å². The molecule has 0 radical (unpaired) electrons. The van der Waals surface area contributed by atoms with Crippen molar-refractivity contribution in [3.05, 3.63) is 65.5 Å². The maximum atomic E-state index is 13.8. The smallest absolute Gasteiger partial charge is 0.269 e. The van der Waals surface area contributed by atoms with Crippen LogP contribution in [-0.2, 0) is 10.0 Å². The van der Waals surface area contributed by atoms with Gasteiger partial charge in [0.15, 0.2) is 34.0 Å². The molecule has 0 atom stereocenters. The molecule has 150 valence electrons. The predicted octanol–water partition coefficient (Wildman–Crippen LogP) is 4.79. The molecule has 5 nitrogen and oxygen atoms in total. The van der Waals surface area contributed by atoms with E-state index in [-0.39, 0.29) is 5.82 Å². The van der Waals surface area contributed by atoms with E-state index >= 15 is 0 Å². The molecule has 2 aromatic carbocycles. The van der Waals surface area contributed by atoms with E-state index in [2.05, 4.69) is 10.2 Å². The van der Waals surface area contributed by atoms with E-state index in [9.17, 15) is 30.4 Å². The minimum Gasteiger partial charge on any atom is -0.275 e. The summed E-state index contributed by atoms with van der Waals surface area (Å²) in [5.74, 6) is -12.5. The fourth-order valence-electron chi connectivity index (χ4n) is 2.62. The first kappa shape index (κ1) is 19.3. The van der Waals surface area contributed by atoms with Crippen molar-refractivity contribution in [1.82, 2.24) is 10.2 Å². The van der Waals surface area contributed by atoms with Crippen LogP contribution < -0.4 is 4.72 Å². The lowest BCUT2D eigenvalue weighted by molar-refractivity contribution is 0.358. The van der Waals surface area contributed by atoms with Gasteiger partial charge in [0, 0.05) is 10.8 Å². The molecule has 0 aliphatic heterocycles. The zero-order chi connectivity index (χ0) is 20.9. The Bertz CT molecular complexity index is 1300. The van der Waals surface area contributed by atoms with E-state index in [0.717, 1.165) is 10.1 Å². The SMILES string of the molecule is O=S(=O)(Nc1cc(-c2cc3ccccc3s2)[nH]n1)c1c(F)c(F)c(F)c(F)c1F. The maximum Gasteiger partial charge on any atom is 0.269 e. The van der Waals surface area contributed by atoms with E-state index in [0.29, 0.717) is 10.6 Å². The molecular weight excluding hydrogens is 437 g/mol. The third-order valence-corrected chi connectivity index (χ3v) is 6.47. The van der Waals surface area contributed by atoms with Crippen molar-refractivity contribution in [2.45, 2.75) is 4.90 Å². The Morgan fingerprint density at radius 3 is 2.17 bits per heavy atom. The summed E-state index contributed by atoms with van der Waals surface area (Å²) >= 11 is 1.38. The minimum atomic E-state index is -5.16. The van der Waals surface area contributed by atoms with Crippen molar-refractivity contribution in [1.29, 1.82) is 0 Å². The lowest BCUT2D eigenvalue weighted by atomic mass is 10.2. The third-order valence-electron chi connectivity index (χ3n) is 3.95. The van der Waals surface area contributed by atoms with Gasteiger partial charge in [-0.1, -0.05) is 18.2 Å². The molecule has 4 rings (SSSR count). The Morgan fingerprint density at radius 2 is 1.52 bits per heavy atom. The normalized spacial score (nSPS) is 11.9. The number of nitrogens with zero attached hydrogens (tertiary/aromatic N) is 1. The lowest BCUT2D eigenvalue weighted by Gasteiger charge is -2.09. The standard InChI is InChI=1S/C17H8F5N3O2S2/c18-12-13(19)15(21)17(16(22)14(12)20)29(26,27)25-11-6-8(23-24-11)10-5-7-3-1-2-4-9(7)28-10/h1-6H,(H2,23,24,25). The van der Waals surface area contributed by atoms with E-state index in [1.54, 1.807) is 4.72 Å². The second kappa shape index (κ2) is 6.81. The van der Waals surface area contributed by atoms with Gasteiger partial charge in [-0.3, -0.25) is 9.82 Å². The van der Waals surface area contributed by atoms with Gasteiger partial charge in [-0.25, -0.2) is 30.4 Å². The van der Waals surface area contributed by atoms with Gasteiger partial charge in [-0.15, -0.1) is 11.3 Å². The van der Waals surface area contributed by atoms with Crippen molar-refractivity contribution in [3.8, 4) is 10.6 Å². The molecule has 0 aliphatic carbocycles. The van der Waals surface area contributed by atoms with Crippen LogP contribution in [0.5, 0.6) is 0 Å². The van der Waals surface area contributed by atoms with Gasteiger partial charge in [0.2, 0.25) is 5.82 Å². The molecule has 0 amide bonds. The zero-order valence-corrected chi connectivity index (χ0v) is 15.6. The topological polar surface area (TPSA) is 74.8 Å². The Balaban J connectivity index is 1.70. The monoisotopic (exact) mass is 445 g/mol. The fraction of sp³-hybridized carbons (Fsp3) is 0. The molecule has 4 aromatic rings. The molecule has 29 heavy (non-hydrogen) atoms. The first-order chi connectivity index (χ1) is 13.7. The number of sulfonamides is 1. The number of thiophene rings is 1. The van der Waals surface area contributed by atoms with Crippen LogP contribution in [0.15, 0.2) is 41.3 Å². The third kappa shape index (κ3) is 3.23. The molecule has 0 saturated carbocycles. The van der Waals surface area contributed by atoms with Gasteiger partial charge in [-0.05, 0) is 17.5 Å². The number of rotatable bonds is 4. The lowest BCUT2D eigenvalue weighted by Crippen LogP contribution is -2.19. The summed E-state index contributed by atoms with van der Waals surface area (Å²) in [6.07, 6.45) is 0. The van der Waals surface area contributed by atoms with Crippen molar-refractivity contribution in [2.24, 2.45) is 0 Å². The van der Waals surface area contributed by atoms with Gasteiger partial charge in [0.05, 0.1) is 10.6 Å². The average Bonchev–Trinajstić information content (AvgIpc) is 3.30. The highest BCUT2D eigenvalue weighted by atomic mass is 32.2. The van der Waals surface area contributed by atoms with Gasteiger partial charge in [0.25, 0.3) is 10.0 Å². The Kier molecular flexibility index (Phi) is 4.54. The van der Waals surface area contributed by atoms with Crippen LogP contribution in [0.1, 0.15) is 0 Å². The number of benzene rings is 2. The number of anilines is 1. The second-order valence-corrected chi connectivity index (χ2v) is 8.52. The van der Waals surface area contributed by atoms with Crippen molar-refractivity contribution < 1.29 is 30.4 Å². The van der Waals surface area contributed by atoms with Gasteiger partial charge < -0.3 is 0 Å². The molecular formula is C17H8F5N3O2S2. The fourth-order valence-corrected chi connectivity index (χ4v) is 4.79. The van der Waals surface area contributed by atoms with E-state index in [1.807, 2.05) is 30.3 Å². The molecule has 12 heteroatoms. The molecule has 0 fully saturated rings. The molecule has 0 spiro atoms. The maximum absolute atomic E-state index is 13.8. The molecule has 2 N–H and O–H groups in total. The summed E-state index contributed by atoms with van der Waals surface area (Å²) in [6.45, 7) is 0. The number of halogens is 5. The number of hydrogen-bond acceptors (Lipinski definition) is 4. The van der Waals surface area contributed by atoms with Crippen LogP contribution in [0, 0.1) is 29.1 Å². The highest BCUT2D eigenvalue weighted by molar-refractivity contribution is 7.92. The van der Waals surface area contributed by atoms with E-state index < -0.39 is 44.0 Å². The van der Waals surface area contributed by atoms with Gasteiger partial charge in [-0.2, -0.15) is 5.10 Å². The van der Waals surface area contributed by atoms with Gasteiger partial charge in [0.1, 0.15) is 0 Å². The highest BCUT2D eigenvalue weighted by Crippen LogP contribution is 2.34. The summed E-state index contributed by atoms with van der Waals surface area (Å²) in [4.78, 5) is -1.29. The highest BCUT2D eigenvalue weighted by Gasteiger charge is 2.34. The number of H-pyrrole nitrogens is 1. The first-order valence-electron chi connectivity index (χ1n) is 7.77. The average molecular weight is 445 g/mol. The summed E-state index contributed by atoms with van der Waals surface area (Å²) < 4.78 is 94.6. The Hall–Kier alpha value is -2.99. The number of hydrogen-bond donors (Lipinski definition) is 2. The van der Waals surface area contributed by atoms with Crippen molar-refractivity contribution in [3.63, 3.8) is 0 Å². The first-order valence-corrected chi connectivity index (χ1v) is 10.1. The Morgan fingerprint density at radius 1 is 0.897 bits per heavy atom. The number of nitrogens with one attached hydrogen (secondary N) is 2. The number of aromatic amines is 1. The zero-order valence-electron chi connectivity index (χ0n) is 13.9. The van der Waals surface area contributed by atoms with Crippen LogP contribution in [0.25, 0.3) is 20.7 Å². The summed E-state index contributed by atoms with van der Waals surface area (Å²) in [5, 5.41) is 7.17. The molecule has 0 saturated heterocycles. The molecule has 0 unspecified atom stereocenters. The number of fused-ring (bicyclic) bond motifs is 1. The minimum absolute atomic E-state index is 0.388.